The van der Waals surface area contributed by atoms with Gasteiger partial charge in [0.2, 0.25) is 0 Å². The van der Waals surface area contributed by atoms with Crippen LogP contribution in [0.15, 0.2) is 27.6 Å². The molecule has 0 amide bonds. The summed E-state index contributed by atoms with van der Waals surface area (Å²) in [7, 11) is 0. The molecule has 1 nitrogen and oxygen atoms in total. The average molecular weight is 356 g/mol. The Morgan fingerprint density at radius 2 is 2.10 bits per heavy atom. The molecule has 0 spiro atoms. The van der Waals surface area contributed by atoms with Gasteiger partial charge in [-0.3, -0.25) is 0 Å². The van der Waals surface area contributed by atoms with E-state index in [1.807, 2.05) is 0 Å². The summed E-state index contributed by atoms with van der Waals surface area (Å²) >= 11 is 5.67. The van der Waals surface area contributed by atoms with E-state index in [1.165, 1.54) is 52.8 Å². The van der Waals surface area contributed by atoms with Crippen molar-refractivity contribution in [3.05, 3.63) is 28.2 Å². The third kappa shape index (κ3) is 4.78. The minimum absolute atomic E-state index is 0.439. The minimum atomic E-state index is 0.439. The van der Waals surface area contributed by atoms with Crippen LogP contribution < -0.4 is 5.32 Å². The summed E-state index contributed by atoms with van der Waals surface area (Å²) in [6, 6.07) is 7.17. The number of nitrogens with one attached hydrogen (secondary N) is 1. The fourth-order valence-corrected chi connectivity index (χ4v) is 4.73. The Bertz CT molecular complexity index is 415. The van der Waals surface area contributed by atoms with E-state index >= 15 is 0 Å². The maximum atomic E-state index is 3.62. The quantitative estimate of drug-likeness (QED) is 0.621. The van der Waals surface area contributed by atoms with Crippen molar-refractivity contribution in [3.8, 4) is 0 Å². The standard InChI is InChI=1S/C17H26BrNS/c1-3-10-19-13(2)16-9-8-15(18)11-17(16)20-12-14-6-4-5-7-14/h8-9,11,13-14,19H,3-7,10,12H2,1-2H3. The summed E-state index contributed by atoms with van der Waals surface area (Å²) in [5, 5.41) is 3.61. The van der Waals surface area contributed by atoms with Crippen molar-refractivity contribution in [2.24, 2.45) is 5.92 Å². The molecule has 0 saturated heterocycles. The Morgan fingerprint density at radius 1 is 1.35 bits per heavy atom. The van der Waals surface area contributed by atoms with Gasteiger partial charge in [-0.2, -0.15) is 0 Å². The third-order valence-corrected chi connectivity index (χ3v) is 5.89. The molecule has 0 aromatic heterocycles. The van der Waals surface area contributed by atoms with Crippen LogP contribution in [0.25, 0.3) is 0 Å². The van der Waals surface area contributed by atoms with Gasteiger partial charge in [0.1, 0.15) is 0 Å². The van der Waals surface area contributed by atoms with Crippen LogP contribution in [-0.2, 0) is 0 Å². The molecule has 1 aromatic carbocycles. The van der Waals surface area contributed by atoms with Crippen LogP contribution in [0.1, 0.15) is 57.6 Å². The van der Waals surface area contributed by atoms with E-state index in [0.717, 1.165) is 12.5 Å². The van der Waals surface area contributed by atoms with Crippen molar-refractivity contribution in [3.63, 3.8) is 0 Å². The molecule has 112 valence electrons. The van der Waals surface area contributed by atoms with Crippen molar-refractivity contribution in [2.75, 3.05) is 12.3 Å². The summed E-state index contributed by atoms with van der Waals surface area (Å²) in [6.07, 6.45) is 6.92. The van der Waals surface area contributed by atoms with Gasteiger partial charge in [0.15, 0.2) is 0 Å². The normalized spacial score (nSPS) is 17.6. The van der Waals surface area contributed by atoms with Gasteiger partial charge in [-0.15, -0.1) is 11.8 Å². The first-order valence-corrected chi connectivity index (χ1v) is 9.64. The zero-order valence-corrected chi connectivity index (χ0v) is 15.0. The van der Waals surface area contributed by atoms with Gasteiger partial charge in [0.05, 0.1) is 0 Å². The van der Waals surface area contributed by atoms with Gasteiger partial charge in [0, 0.05) is 21.2 Å². The first-order valence-electron chi connectivity index (χ1n) is 7.86. The first kappa shape index (κ1) is 16.4. The van der Waals surface area contributed by atoms with Crippen molar-refractivity contribution < 1.29 is 0 Å². The molecule has 1 saturated carbocycles. The molecule has 2 rings (SSSR count). The predicted octanol–water partition coefficient (Wildman–Crippen LogP) is 5.79. The van der Waals surface area contributed by atoms with E-state index in [1.54, 1.807) is 0 Å². The highest BCUT2D eigenvalue weighted by atomic mass is 79.9. The molecule has 0 radical (unpaired) electrons. The van der Waals surface area contributed by atoms with Crippen LogP contribution in [0.4, 0.5) is 0 Å². The van der Waals surface area contributed by atoms with Crippen molar-refractivity contribution in [2.45, 2.75) is 56.9 Å². The van der Waals surface area contributed by atoms with E-state index in [9.17, 15) is 0 Å². The SMILES string of the molecule is CCCNC(C)c1ccc(Br)cc1SCC1CCCC1. The lowest BCUT2D eigenvalue weighted by atomic mass is 10.1. The van der Waals surface area contributed by atoms with Gasteiger partial charge in [-0.05, 0) is 56.3 Å². The lowest BCUT2D eigenvalue weighted by Gasteiger charge is -2.19. The van der Waals surface area contributed by atoms with Crippen LogP contribution in [0.3, 0.4) is 0 Å². The van der Waals surface area contributed by atoms with Crippen LogP contribution in [0.5, 0.6) is 0 Å². The molecule has 20 heavy (non-hydrogen) atoms. The fourth-order valence-electron chi connectivity index (χ4n) is 2.85. The van der Waals surface area contributed by atoms with Crippen LogP contribution in [0, 0.1) is 5.92 Å². The van der Waals surface area contributed by atoms with Crippen LogP contribution >= 0.6 is 27.7 Å². The second-order valence-electron chi connectivity index (χ2n) is 5.82. The zero-order valence-electron chi connectivity index (χ0n) is 12.6. The zero-order chi connectivity index (χ0) is 14.4. The van der Waals surface area contributed by atoms with Gasteiger partial charge < -0.3 is 5.32 Å². The Labute approximate surface area is 136 Å². The molecule has 1 unspecified atom stereocenters. The maximum Gasteiger partial charge on any atom is 0.0302 e. The molecule has 1 atom stereocenters. The Balaban J connectivity index is 2.02. The predicted molar refractivity (Wildman–Crippen MR) is 93.5 cm³/mol. The summed E-state index contributed by atoms with van der Waals surface area (Å²) in [4.78, 5) is 1.45. The molecule has 1 fully saturated rings. The smallest absolute Gasteiger partial charge is 0.0302 e. The lowest BCUT2D eigenvalue weighted by molar-refractivity contribution is 0.563. The largest absolute Gasteiger partial charge is 0.310 e. The number of hydrogen-bond donors (Lipinski definition) is 1. The van der Waals surface area contributed by atoms with Crippen molar-refractivity contribution in [1.82, 2.24) is 5.32 Å². The number of benzene rings is 1. The van der Waals surface area contributed by atoms with Crippen molar-refractivity contribution >= 4 is 27.7 Å². The monoisotopic (exact) mass is 355 g/mol. The molecule has 1 aliphatic carbocycles. The second kappa shape index (κ2) is 8.45. The molecule has 3 heteroatoms. The summed E-state index contributed by atoms with van der Waals surface area (Å²) in [5.74, 6) is 2.22. The van der Waals surface area contributed by atoms with Crippen LogP contribution in [0.2, 0.25) is 0 Å². The van der Waals surface area contributed by atoms with Gasteiger partial charge in [0.25, 0.3) is 0 Å². The molecular weight excluding hydrogens is 330 g/mol. The van der Waals surface area contributed by atoms with E-state index in [-0.39, 0.29) is 0 Å². The minimum Gasteiger partial charge on any atom is -0.310 e. The highest BCUT2D eigenvalue weighted by Gasteiger charge is 2.17. The molecule has 1 N–H and O–H groups in total. The first-order chi connectivity index (χ1) is 9.70. The highest BCUT2D eigenvalue weighted by Crippen LogP contribution is 2.35. The molecule has 0 heterocycles. The van der Waals surface area contributed by atoms with Gasteiger partial charge in [-0.25, -0.2) is 0 Å². The van der Waals surface area contributed by atoms with E-state index in [4.69, 9.17) is 0 Å². The maximum absolute atomic E-state index is 3.62. The lowest BCUT2D eigenvalue weighted by Crippen LogP contribution is -2.19. The Morgan fingerprint density at radius 3 is 2.80 bits per heavy atom. The third-order valence-electron chi connectivity index (χ3n) is 4.09. The van der Waals surface area contributed by atoms with E-state index < -0.39 is 0 Å². The Hall–Kier alpha value is 0.01000. The molecule has 1 aromatic rings. The molecule has 0 bridgehead atoms. The number of halogens is 1. The van der Waals surface area contributed by atoms with Gasteiger partial charge in [-0.1, -0.05) is 41.8 Å². The summed E-state index contributed by atoms with van der Waals surface area (Å²) in [5.41, 5.74) is 1.45. The second-order valence-corrected chi connectivity index (χ2v) is 7.80. The topological polar surface area (TPSA) is 12.0 Å². The number of rotatable bonds is 7. The number of hydrogen-bond acceptors (Lipinski definition) is 2. The average Bonchev–Trinajstić information content (AvgIpc) is 2.96. The van der Waals surface area contributed by atoms with E-state index in [0.29, 0.717) is 6.04 Å². The van der Waals surface area contributed by atoms with Crippen LogP contribution in [-0.4, -0.2) is 12.3 Å². The highest BCUT2D eigenvalue weighted by molar-refractivity contribution is 9.10. The molecule has 0 aliphatic heterocycles. The molecule has 1 aliphatic rings. The molecular formula is C17H26BrNS. The summed E-state index contributed by atoms with van der Waals surface area (Å²) < 4.78 is 1.19. The van der Waals surface area contributed by atoms with Crippen molar-refractivity contribution in [1.29, 1.82) is 0 Å². The Kier molecular flexibility index (Phi) is 6.92. The fraction of sp³-hybridized carbons (Fsp3) is 0.647. The summed E-state index contributed by atoms with van der Waals surface area (Å²) in [6.45, 7) is 5.58. The van der Waals surface area contributed by atoms with E-state index in [2.05, 4.69) is 65.1 Å². The number of thioether (sulfide) groups is 1. The van der Waals surface area contributed by atoms with Gasteiger partial charge >= 0.3 is 0 Å².